The molecule has 2 rings (SSSR count). The molecule has 0 unspecified atom stereocenters. The molecule has 1 amide bonds. The van der Waals surface area contributed by atoms with E-state index < -0.39 is 5.60 Å². The molecule has 25 heavy (non-hydrogen) atoms. The van der Waals surface area contributed by atoms with Gasteiger partial charge in [0.05, 0.1) is 13.1 Å². The summed E-state index contributed by atoms with van der Waals surface area (Å²) in [5.41, 5.74) is 3.43. The molecule has 0 atom stereocenters. The number of fused-ring (bicyclic) bond motifs is 1. The van der Waals surface area contributed by atoms with Crippen LogP contribution in [0.5, 0.6) is 0 Å². The number of amides is 1. The number of hydrogen-bond acceptors (Lipinski definition) is 2. The first-order valence-corrected chi connectivity index (χ1v) is 9.25. The molecule has 0 spiro atoms. The number of rotatable bonds is 6. The van der Waals surface area contributed by atoms with Gasteiger partial charge >= 0.3 is 6.09 Å². The summed E-state index contributed by atoms with van der Waals surface area (Å²) in [6, 6.07) is 6.70. The minimum Gasteiger partial charge on any atom is -0.444 e. The van der Waals surface area contributed by atoms with Gasteiger partial charge in [-0.25, -0.2) is 13.9 Å². The molecule has 1 aromatic carbocycles. The van der Waals surface area contributed by atoms with Crippen LogP contribution >= 0.6 is 0 Å². The van der Waals surface area contributed by atoms with Crippen LogP contribution in [0.1, 0.15) is 52.4 Å². The molecule has 1 heterocycles. The van der Waals surface area contributed by atoms with Gasteiger partial charge in [0.25, 0.3) is 5.82 Å². The van der Waals surface area contributed by atoms with E-state index in [9.17, 15) is 4.79 Å². The van der Waals surface area contributed by atoms with Crippen LogP contribution in [0.25, 0.3) is 11.0 Å². The Labute approximate surface area is 151 Å². The Kier molecular flexibility index (Phi) is 6.09. The van der Waals surface area contributed by atoms with Crippen molar-refractivity contribution in [2.45, 2.75) is 73.1 Å². The lowest BCUT2D eigenvalue weighted by Gasteiger charge is -2.19. The summed E-state index contributed by atoms with van der Waals surface area (Å²) < 4.78 is 9.97. The maximum Gasteiger partial charge on any atom is 0.407 e. The van der Waals surface area contributed by atoms with Crippen LogP contribution in [0.2, 0.25) is 0 Å². The van der Waals surface area contributed by atoms with Crippen molar-refractivity contribution in [3.63, 3.8) is 0 Å². The van der Waals surface area contributed by atoms with Crippen molar-refractivity contribution in [1.82, 2.24) is 9.88 Å². The molecular weight excluding hydrogens is 314 g/mol. The minimum atomic E-state index is -0.451. The third-order valence-electron chi connectivity index (χ3n) is 4.35. The molecular formula is C20H32N3O2+. The average Bonchev–Trinajstić information content (AvgIpc) is 2.79. The predicted octanol–water partition coefficient (Wildman–Crippen LogP) is 3.73. The third-order valence-corrected chi connectivity index (χ3v) is 4.35. The predicted molar refractivity (Wildman–Crippen MR) is 101 cm³/mol. The van der Waals surface area contributed by atoms with Crippen LogP contribution in [0.4, 0.5) is 4.79 Å². The van der Waals surface area contributed by atoms with Crippen molar-refractivity contribution in [1.29, 1.82) is 0 Å². The fraction of sp³-hybridized carbons (Fsp3) is 0.600. The molecule has 5 heteroatoms. The molecule has 0 aliphatic heterocycles. The van der Waals surface area contributed by atoms with Crippen LogP contribution in [-0.4, -0.2) is 22.8 Å². The number of imidazole rings is 1. The number of carbonyl (C=O) groups is 1. The Hall–Kier alpha value is -2.04. The van der Waals surface area contributed by atoms with Crippen molar-refractivity contribution in [3.05, 3.63) is 29.6 Å². The van der Waals surface area contributed by atoms with E-state index in [1.54, 1.807) is 0 Å². The van der Waals surface area contributed by atoms with Crippen LogP contribution < -0.4 is 9.88 Å². The molecule has 0 bridgehead atoms. The summed E-state index contributed by atoms with van der Waals surface area (Å²) in [6.07, 6.45) is 1.48. The van der Waals surface area contributed by atoms with E-state index in [4.69, 9.17) is 4.74 Å². The zero-order chi connectivity index (χ0) is 18.6. The number of aromatic nitrogens is 2. The number of ether oxygens (including phenoxy) is 1. The molecule has 5 nitrogen and oxygen atoms in total. The lowest BCUT2D eigenvalue weighted by molar-refractivity contribution is -0.674. The van der Waals surface area contributed by atoms with Crippen LogP contribution in [0.3, 0.4) is 0 Å². The van der Waals surface area contributed by atoms with Gasteiger partial charge in [0, 0.05) is 13.5 Å². The zero-order valence-electron chi connectivity index (χ0n) is 16.5. The largest absolute Gasteiger partial charge is 0.444 e. The lowest BCUT2D eigenvalue weighted by Crippen LogP contribution is -2.35. The monoisotopic (exact) mass is 346 g/mol. The molecule has 0 aliphatic carbocycles. The highest BCUT2D eigenvalue weighted by Gasteiger charge is 2.19. The van der Waals surface area contributed by atoms with Crippen molar-refractivity contribution in [3.8, 4) is 0 Å². The zero-order valence-corrected chi connectivity index (χ0v) is 16.5. The topological polar surface area (TPSA) is 47.1 Å². The van der Waals surface area contributed by atoms with E-state index in [-0.39, 0.29) is 6.09 Å². The van der Waals surface area contributed by atoms with Crippen molar-refractivity contribution < 1.29 is 14.1 Å². The van der Waals surface area contributed by atoms with Crippen molar-refractivity contribution >= 4 is 17.1 Å². The van der Waals surface area contributed by atoms with E-state index in [0.29, 0.717) is 6.54 Å². The van der Waals surface area contributed by atoms with Gasteiger partial charge in [-0.2, -0.15) is 0 Å². The Balaban J connectivity index is 1.99. The van der Waals surface area contributed by atoms with Gasteiger partial charge < -0.3 is 10.1 Å². The maximum absolute atomic E-state index is 11.7. The molecule has 0 fully saturated rings. The summed E-state index contributed by atoms with van der Waals surface area (Å²) in [5, 5.41) is 2.82. The summed E-state index contributed by atoms with van der Waals surface area (Å²) in [4.78, 5) is 11.7. The maximum atomic E-state index is 11.7. The molecule has 1 N–H and O–H groups in total. The molecule has 0 saturated carbocycles. The molecule has 0 saturated heterocycles. The standard InChI is InChI=1S/C20H31N3O2/c1-7-22-15(3)23(8-2)18-14-16(11-12-17(18)22)10-9-13-21-19(24)25-20(4,5)6/h11-12,14H,7-10,13H2,1-6H3/p+1. The first-order chi connectivity index (χ1) is 11.8. The van der Waals surface area contributed by atoms with E-state index in [1.165, 1.54) is 22.4 Å². The second-order valence-electron chi connectivity index (χ2n) is 7.39. The number of aryl methyl sites for hydroxylation is 3. The smallest absolute Gasteiger partial charge is 0.407 e. The lowest BCUT2D eigenvalue weighted by atomic mass is 10.1. The number of nitrogens with one attached hydrogen (secondary N) is 1. The first-order valence-electron chi connectivity index (χ1n) is 9.25. The molecule has 1 aromatic heterocycles. The number of nitrogens with zero attached hydrogens (tertiary/aromatic N) is 2. The quantitative estimate of drug-likeness (QED) is 0.640. The summed E-state index contributed by atoms with van der Waals surface area (Å²) in [6.45, 7) is 14.7. The Morgan fingerprint density at radius 3 is 2.60 bits per heavy atom. The fourth-order valence-corrected chi connectivity index (χ4v) is 3.26. The Bertz CT molecular complexity index is 741. The number of carbonyl (C=O) groups excluding carboxylic acids is 1. The summed E-state index contributed by atoms with van der Waals surface area (Å²) in [5.74, 6) is 1.30. The summed E-state index contributed by atoms with van der Waals surface area (Å²) in [7, 11) is 0. The molecule has 0 radical (unpaired) electrons. The average molecular weight is 346 g/mol. The molecule has 0 aliphatic rings. The van der Waals surface area contributed by atoms with Crippen molar-refractivity contribution in [2.24, 2.45) is 0 Å². The number of alkyl carbamates (subject to hydrolysis) is 1. The van der Waals surface area contributed by atoms with E-state index >= 15 is 0 Å². The highest BCUT2D eigenvalue weighted by atomic mass is 16.6. The van der Waals surface area contributed by atoms with E-state index in [1.807, 2.05) is 20.8 Å². The number of hydrogen-bond donors (Lipinski definition) is 1. The molecule has 138 valence electrons. The Morgan fingerprint density at radius 2 is 2.00 bits per heavy atom. The van der Waals surface area contributed by atoms with Gasteiger partial charge in [-0.15, -0.1) is 0 Å². The van der Waals surface area contributed by atoms with Gasteiger partial charge in [-0.1, -0.05) is 6.07 Å². The highest BCUT2D eigenvalue weighted by molar-refractivity contribution is 5.73. The van der Waals surface area contributed by atoms with Gasteiger partial charge in [-0.3, -0.25) is 0 Å². The second-order valence-corrected chi connectivity index (χ2v) is 7.39. The summed E-state index contributed by atoms with van der Waals surface area (Å²) >= 11 is 0. The van der Waals surface area contributed by atoms with Crippen molar-refractivity contribution in [2.75, 3.05) is 6.54 Å². The van der Waals surface area contributed by atoms with Crippen LogP contribution in [0, 0.1) is 6.92 Å². The highest BCUT2D eigenvalue weighted by Crippen LogP contribution is 2.17. The second kappa shape index (κ2) is 7.89. The fourth-order valence-electron chi connectivity index (χ4n) is 3.26. The normalized spacial score (nSPS) is 11.8. The SMILES string of the molecule is CCn1c(C)[n+](CC)c2ccc(CCCNC(=O)OC(C)(C)C)cc21. The minimum absolute atomic E-state index is 0.345. The van der Waals surface area contributed by atoms with Gasteiger partial charge in [0.1, 0.15) is 5.60 Å². The molecule has 2 aromatic rings. The van der Waals surface area contributed by atoms with E-state index in [2.05, 4.69) is 53.4 Å². The van der Waals surface area contributed by atoms with Gasteiger partial charge in [0.15, 0.2) is 11.0 Å². The third kappa shape index (κ3) is 4.74. The Morgan fingerprint density at radius 1 is 1.28 bits per heavy atom. The van der Waals surface area contributed by atoms with Crippen LogP contribution in [0.15, 0.2) is 18.2 Å². The van der Waals surface area contributed by atoms with Crippen LogP contribution in [-0.2, 0) is 24.2 Å². The first kappa shape index (κ1) is 19.3. The van der Waals surface area contributed by atoms with Gasteiger partial charge in [0.2, 0.25) is 0 Å². The van der Waals surface area contributed by atoms with Gasteiger partial charge in [-0.05, 0) is 65.2 Å². The number of benzene rings is 1. The van der Waals surface area contributed by atoms with E-state index in [0.717, 1.165) is 25.9 Å².